The van der Waals surface area contributed by atoms with E-state index in [0.29, 0.717) is 18.8 Å². The van der Waals surface area contributed by atoms with Crippen LogP contribution >= 0.6 is 0 Å². The van der Waals surface area contributed by atoms with Gasteiger partial charge in [0.05, 0.1) is 37.6 Å². The molecule has 3 N–H and O–H groups in total. The number of para-hydroxylation sites is 1. The van der Waals surface area contributed by atoms with E-state index in [-0.39, 0.29) is 50.3 Å². The van der Waals surface area contributed by atoms with Crippen molar-refractivity contribution in [1.29, 1.82) is 0 Å². The number of pyridine rings is 1. The summed E-state index contributed by atoms with van der Waals surface area (Å²) in [4.78, 5) is 27.1. The van der Waals surface area contributed by atoms with E-state index >= 15 is 0 Å². The van der Waals surface area contributed by atoms with Crippen molar-refractivity contribution in [2.45, 2.75) is 18.6 Å². The number of carbonyl (C=O) groups excluding carboxylic acids is 1. The Labute approximate surface area is 212 Å². The number of allylic oxidation sites excluding steroid dienone is 1. The van der Waals surface area contributed by atoms with E-state index in [1.807, 2.05) is 24.3 Å². The molecule has 37 heavy (non-hydrogen) atoms. The summed E-state index contributed by atoms with van der Waals surface area (Å²) in [6.07, 6.45) is 4.42. The molecule has 0 saturated heterocycles. The molecular formula is C25H28N4O8. The van der Waals surface area contributed by atoms with E-state index in [9.17, 15) is 14.9 Å². The number of aliphatic hydroxyl groups excluding tert-OH is 1. The molecule has 4 rings (SSSR count). The summed E-state index contributed by atoms with van der Waals surface area (Å²) in [5, 5.41) is 26.3. The molecule has 0 aliphatic carbocycles. The van der Waals surface area contributed by atoms with Crippen LogP contribution in [-0.4, -0.2) is 66.7 Å². The number of furan rings is 1. The van der Waals surface area contributed by atoms with Gasteiger partial charge in [0.15, 0.2) is 5.76 Å². The van der Waals surface area contributed by atoms with Crippen molar-refractivity contribution in [3.05, 3.63) is 76.4 Å². The third-order valence-corrected chi connectivity index (χ3v) is 5.63. The Kier molecular flexibility index (Phi) is 9.03. The van der Waals surface area contributed by atoms with E-state index in [1.54, 1.807) is 12.3 Å². The first kappa shape index (κ1) is 26.1. The number of hydrogen-bond acceptors (Lipinski definition) is 10. The Hall–Kier alpha value is -4.00. The van der Waals surface area contributed by atoms with Crippen molar-refractivity contribution in [2.75, 3.05) is 44.8 Å². The molecule has 0 fully saturated rings. The van der Waals surface area contributed by atoms with Gasteiger partial charge in [-0.1, -0.05) is 18.2 Å². The number of anilines is 1. The van der Waals surface area contributed by atoms with Gasteiger partial charge >= 0.3 is 0 Å². The van der Waals surface area contributed by atoms with Crippen molar-refractivity contribution in [2.24, 2.45) is 0 Å². The predicted molar refractivity (Wildman–Crippen MR) is 133 cm³/mol. The monoisotopic (exact) mass is 512 g/mol. The fraction of sp³-hybridized carbons (Fsp3) is 0.360. The van der Waals surface area contributed by atoms with Gasteiger partial charge in [-0.15, -0.1) is 0 Å². The first-order valence-electron chi connectivity index (χ1n) is 11.8. The van der Waals surface area contributed by atoms with Gasteiger partial charge in [-0.05, 0) is 18.2 Å². The van der Waals surface area contributed by atoms with Gasteiger partial charge in [0.1, 0.15) is 17.6 Å². The van der Waals surface area contributed by atoms with Gasteiger partial charge in [-0.2, -0.15) is 0 Å². The average Bonchev–Trinajstić information content (AvgIpc) is 3.35. The normalized spacial score (nSPS) is 17.2. The zero-order valence-corrected chi connectivity index (χ0v) is 20.0. The minimum atomic E-state index is -0.676. The molecule has 2 aromatic heterocycles. The number of nitro groups is 1. The molecule has 1 aliphatic rings. The maximum Gasteiger partial charge on any atom is 0.287 e. The van der Waals surface area contributed by atoms with Gasteiger partial charge in [0, 0.05) is 42.4 Å². The van der Waals surface area contributed by atoms with Gasteiger partial charge < -0.3 is 34.4 Å². The van der Waals surface area contributed by atoms with Gasteiger partial charge in [0.2, 0.25) is 6.29 Å². The van der Waals surface area contributed by atoms with E-state index in [0.717, 1.165) is 22.7 Å². The second-order valence-electron chi connectivity index (χ2n) is 8.16. The fourth-order valence-corrected chi connectivity index (χ4v) is 3.88. The summed E-state index contributed by atoms with van der Waals surface area (Å²) in [7, 11) is 0. The molecule has 2 unspecified atom stereocenters. The minimum absolute atomic E-state index is 0.0717. The molecule has 3 aromatic rings. The first-order chi connectivity index (χ1) is 18.0. The summed E-state index contributed by atoms with van der Waals surface area (Å²) in [5.74, 6) is 0.0121. The van der Waals surface area contributed by atoms with Crippen LogP contribution in [0, 0.1) is 10.1 Å². The number of hydrogen-bond donors (Lipinski definition) is 3. The van der Waals surface area contributed by atoms with Crippen molar-refractivity contribution in [3.8, 4) is 0 Å². The van der Waals surface area contributed by atoms with E-state index in [1.165, 1.54) is 12.1 Å². The number of benzene rings is 1. The third kappa shape index (κ3) is 7.03. The SMILES string of the molecule is O=C(NCCNc1ccc([N+](=O)[O-])cn1)C1=CC(c2coc3ccccc23)CC(OCCOCCO)O1. The predicted octanol–water partition coefficient (Wildman–Crippen LogP) is 2.70. The van der Waals surface area contributed by atoms with Crippen molar-refractivity contribution in [1.82, 2.24) is 10.3 Å². The van der Waals surface area contributed by atoms with E-state index < -0.39 is 17.1 Å². The number of nitrogens with one attached hydrogen (secondary N) is 2. The molecule has 1 amide bonds. The highest BCUT2D eigenvalue weighted by Gasteiger charge is 2.30. The summed E-state index contributed by atoms with van der Waals surface area (Å²) in [6.45, 7) is 1.28. The van der Waals surface area contributed by atoms with Gasteiger partial charge in [-0.3, -0.25) is 14.9 Å². The highest BCUT2D eigenvalue weighted by molar-refractivity contribution is 5.92. The molecule has 2 atom stereocenters. The standard InChI is InChI=1S/C25H28N4O8/c30-9-10-34-11-12-35-24-14-17(20-16-36-21-4-2-1-3-19(20)21)13-22(37-24)25(31)27-8-7-26-23-6-5-18(15-28-23)29(32)33/h1-6,13,15-17,24,30H,7-12,14H2,(H,26,28)(H,27,31). The van der Waals surface area contributed by atoms with Crippen LogP contribution in [0.5, 0.6) is 0 Å². The number of rotatable bonds is 13. The minimum Gasteiger partial charge on any atom is -0.464 e. The molecular weight excluding hydrogens is 484 g/mol. The zero-order chi connectivity index (χ0) is 26.0. The summed E-state index contributed by atoms with van der Waals surface area (Å²) < 4.78 is 22.6. The maximum absolute atomic E-state index is 12.9. The average molecular weight is 513 g/mol. The number of nitrogens with zero attached hydrogens (tertiary/aromatic N) is 2. The molecule has 12 heteroatoms. The van der Waals surface area contributed by atoms with E-state index in [4.69, 9.17) is 23.7 Å². The summed E-state index contributed by atoms with van der Waals surface area (Å²) >= 11 is 0. The summed E-state index contributed by atoms with van der Waals surface area (Å²) in [5.41, 5.74) is 1.58. The maximum atomic E-state index is 12.9. The number of aliphatic hydroxyl groups is 1. The largest absolute Gasteiger partial charge is 0.464 e. The molecule has 0 radical (unpaired) electrons. The van der Waals surface area contributed by atoms with Crippen LogP contribution in [0.4, 0.5) is 11.5 Å². The molecule has 0 spiro atoms. The Bertz CT molecular complexity index is 1230. The van der Waals surface area contributed by atoms with Crippen LogP contribution < -0.4 is 10.6 Å². The lowest BCUT2D eigenvalue weighted by molar-refractivity contribution is -0.385. The fourth-order valence-electron chi connectivity index (χ4n) is 3.88. The third-order valence-electron chi connectivity index (χ3n) is 5.63. The molecule has 196 valence electrons. The second-order valence-corrected chi connectivity index (χ2v) is 8.16. The smallest absolute Gasteiger partial charge is 0.287 e. The zero-order valence-electron chi connectivity index (χ0n) is 20.0. The van der Waals surface area contributed by atoms with Crippen LogP contribution in [0.3, 0.4) is 0 Å². The van der Waals surface area contributed by atoms with Crippen LogP contribution in [0.15, 0.2) is 65.1 Å². The number of carbonyl (C=O) groups is 1. The van der Waals surface area contributed by atoms with Crippen LogP contribution in [0.1, 0.15) is 17.9 Å². The first-order valence-corrected chi connectivity index (χ1v) is 11.8. The lowest BCUT2D eigenvalue weighted by atomic mass is 9.92. The van der Waals surface area contributed by atoms with Gasteiger partial charge in [-0.25, -0.2) is 4.98 Å². The highest BCUT2D eigenvalue weighted by Crippen LogP contribution is 2.36. The second kappa shape index (κ2) is 12.8. The quantitative estimate of drug-likeness (QED) is 0.177. The van der Waals surface area contributed by atoms with Crippen molar-refractivity contribution < 1.29 is 33.5 Å². The lowest BCUT2D eigenvalue weighted by Crippen LogP contribution is -2.35. The molecule has 1 aromatic carbocycles. The Balaban J connectivity index is 1.37. The number of aromatic nitrogens is 1. The highest BCUT2D eigenvalue weighted by atomic mass is 16.7. The molecule has 12 nitrogen and oxygen atoms in total. The number of fused-ring (bicyclic) bond motifs is 1. The molecule has 0 saturated carbocycles. The van der Waals surface area contributed by atoms with Crippen LogP contribution in [-0.2, 0) is 19.0 Å². The van der Waals surface area contributed by atoms with Gasteiger partial charge in [0.25, 0.3) is 11.6 Å². The van der Waals surface area contributed by atoms with E-state index in [2.05, 4.69) is 15.6 Å². The van der Waals surface area contributed by atoms with Crippen LogP contribution in [0.25, 0.3) is 11.0 Å². The topological polar surface area (TPSA) is 158 Å². The summed E-state index contributed by atoms with van der Waals surface area (Å²) in [6, 6.07) is 10.5. The number of amides is 1. The van der Waals surface area contributed by atoms with Crippen molar-refractivity contribution >= 4 is 28.4 Å². The number of ether oxygens (including phenoxy) is 3. The molecule has 1 aliphatic heterocycles. The van der Waals surface area contributed by atoms with Crippen LogP contribution in [0.2, 0.25) is 0 Å². The Morgan fingerprint density at radius 3 is 2.84 bits per heavy atom. The Morgan fingerprint density at radius 2 is 2.05 bits per heavy atom. The van der Waals surface area contributed by atoms with Crippen molar-refractivity contribution in [3.63, 3.8) is 0 Å². The molecule has 0 bridgehead atoms. The Morgan fingerprint density at radius 1 is 1.19 bits per heavy atom. The lowest BCUT2D eigenvalue weighted by Gasteiger charge is -2.29. The molecule has 3 heterocycles.